The molecule has 1 amide bonds. The summed E-state index contributed by atoms with van der Waals surface area (Å²) in [4.78, 5) is 24.0. The van der Waals surface area contributed by atoms with Gasteiger partial charge in [0, 0.05) is 37.9 Å². The Balaban J connectivity index is 1.83. The van der Waals surface area contributed by atoms with Crippen LogP contribution in [0.5, 0.6) is 0 Å². The average Bonchev–Trinajstić information content (AvgIpc) is 2.88. The minimum Gasteiger partial charge on any atom is -0.444 e. The number of carbonyl (C=O) groups is 1. The number of likely N-dealkylation sites (tertiary alicyclic amines) is 1. The lowest BCUT2D eigenvalue weighted by atomic mass is 10.1. The maximum atomic E-state index is 12.1. The van der Waals surface area contributed by atoms with Crippen LogP contribution in [0.15, 0.2) is 6.20 Å². The van der Waals surface area contributed by atoms with Crippen molar-refractivity contribution in [2.45, 2.75) is 39.3 Å². The van der Waals surface area contributed by atoms with E-state index in [0.717, 1.165) is 25.1 Å². The maximum Gasteiger partial charge on any atom is 0.410 e. The summed E-state index contributed by atoms with van der Waals surface area (Å²) in [6.45, 7) is 8.58. The second kappa shape index (κ2) is 7.85. The van der Waals surface area contributed by atoms with E-state index in [0.29, 0.717) is 24.2 Å². The Hall–Kier alpha value is -1.11. The molecular weight excluding hydrogens is 351 g/mol. The average molecular weight is 375 g/mol. The summed E-state index contributed by atoms with van der Waals surface area (Å²) in [7, 11) is 2.01. The second-order valence-electron chi connectivity index (χ2n) is 7.23. The summed E-state index contributed by atoms with van der Waals surface area (Å²) in [6, 6.07) is 0. The Morgan fingerprint density at radius 1 is 1.46 bits per heavy atom. The Morgan fingerprint density at radius 3 is 2.79 bits per heavy atom. The quantitative estimate of drug-likeness (QED) is 0.596. The molecule has 2 rings (SSSR count). The smallest absolute Gasteiger partial charge is 0.410 e. The minimum atomic E-state index is -0.461. The van der Waals surface area contributed by atoms with Crippen LogP contribution in [0.25, 0.3) is 0 Å². The molecule has 134 valence electrons. The number of aromatic nitrogens is 2. The molecule has 1 aliphatic rings. The first-order valence-electron chi connectivity index (χ1n) is 7.97. The molecule has 0 aliphatic carbocycles. The van der Waals surface area contributed by atoms with E-state index in [4.69, 9.17) is 27.9 Å². The van der Waals surface area contributed by atoms with Gasteiger partial charge in [-0.15, -0.1) is 0 Å². The van der Waals surface area contributed by atoms with E-state index in [1.165, 1.54) is 0 Å². The van der Waals surface area contributed by atoms with E-state index >= 15 is 0 Å². The van der Waals surface area contributed by atoms with E-state index in [9.17, 15) is 4.79 Å². The summed E-state index contributed by atoms with van der Waals surface area (Å²) in [6.07, 6.45) is 2.38. The van der Waals surface area contributed by atoms with Crippen LogP contribution < -0.4 is 0 Å². The molecule has 1 unspecified atom stereocenters. The van der Waals surface area contributed by atoms with Gasteiger partial charge >= 0.3 is 6.09 Å². The zero-order valence-electron chi connectivity index (χ0n) is 14.6. The summed E-state index contributed by atoms with van der Waals surface area (Å²) >= 11 is 11.8. The van der Waals surface area contributed by atoms with Gasteiger partial charge in [0.15, 0.2) is 0 Å². The van der Waals surface area contributed by atoms with Gasteiger partial charge in [-0.2, -0.15) is 0 Å². The van der Waals surface area contributed by atoms with Gasteiger partial charge in [-0.05, 0) is 51.8 Å². The van der Waals surface area contributed by atoms with Gasteiger partial charge in [-0.25, -0.2) is 14.8 Å². The fourth-order valence-electron chi connectivity index (χ4n) is 2.74. The first kappa shape index (κ1) is 19.2. The number of carbonyl (C=O) groups excluding carboxylic acids is 1. The van der Waals surface area contributed by atoms with Crippen molar-refractivity contribution in [2.24, 2.45) is 5.92 Å². The lowest BCUT2D eigenvalue weighted by Gasteiger charge is -2.25. The standard InChI is InChI=1S/C16H24Cl2N4O2/c1-16(2,3)24-15(23)22-6-5-11(9-22)8-21(4)10-12-7-19-14(18)20-13(12)17/h7,11H,5-6,8-10H2,1-4H3. The van der Waals surface area contributed by atoms with Crippen molar-refractivity contribution < 1.29 is 9.53 Å². The Kier molecular flexibility index (Phi) is 6.28. The molecule has 0 saturated carbocycles. The maximum absolute atomic E-state index is 12.1. The third-order valence-corrected chi connectivity index (χ3v) is 4.24. The Morgan fingerprint density at radius 2 is 2.17 bits per heavy atom. The van der Waals surface area contributed by atoms with Crippen molar-refractivity contribution >= 4 is 29.3 Å². The molecule has 1 atom stereocenters. The number of ether oxygens (including phenoxy) is 1. The number of amides is 1. The summed E-state index contributed by atoms with van der Waals surface area (Å²) in [5.41, 5.74) is 0.377. The predicted molar refractivity (Wildman–Crippen MR) is 94.3 cm³/mol. The molecule has 0 spiro atoms. The lowest BCUT2D eigenvalue weighted by molar-refractivity contribution is 0.0285. The first-order chi connectivity index (χ1) is 11.1. The molecule has 1 saturated heterocycles. The second-order valence-corrected chi connectivity index (χ2v) is 7.93. The topological polar surface area (TPSA) is 58.6 Å². The van der Waals surface area contributed by atoms with Crippen LogP contribution in [0.2, 0.25) is 10.4 Å². The van der Waals surface area contributed by atoms with Gasteiger partial charge in [-0.3, -0.25) is 0 Å². The van der Waals surface area contributed by atoms with Crippen LogP contribution in [0.1, 0.15) is 32.8 Å². The monoisotopic (exact) mass is 374 g/mol. The SMILES string of the molecule is CN(Cc1cnc(Cl)nc1Cl)CC1CCN(C(=O)OC(C)(C)C)C1. The number of hydrogen-bond donors (Lipinski definition) is 0. The summed E-state index contributed by atoms with van der Waals surface area (Å²) in [5, 5.41) is 0.527. The van der Waals surface area contributed by atoms with Crippen molar-refractivity contribution in [3.8, 4) is 0 Å². The van der Waals surface area contributed by atoms with Gasteiger partial charge in [0.1, 0.15) is 10.8 Å². The molecule has 0 N–H and O–H groups in total. The molecule has 0 bridgehead atoms. The van der Waals surface area contributed by atoms with E-state index in [2.05, 4.69) is 14.9 Å². The first-order valence-corrected chi connectivity index (χ1v) is 8.73. The molecule has 0 radical (unpaired) electrons. The summed E-state index contributed by atoms with van der Waals surface area (Å²) < 4.78 is 5.42. The Labute approximate surface area is 153 Å². The number of rotatable bonds is 4. The highest BCUT2D eigenvalue weighted by atomic mass is 35.5. The molecule has 6 nitrogen and oxygen atoms in total. The molecule has 1 aliphatic heterocycles. The zero-order valence-corrected chi connectivity index (χ0v) is 16.1. The van der Waals surface area contributed by atoms with E-state index < -0.39 is 5.60 Å². The van der Waals surface area contributed by atoms with Crippen molar-refractivity contribution in [3.05, 3.63) is 22.2 Å². The van der Waals surface area contributed by atoms with Crippen LogP contribution in [0.4, 0.5) is 4.79 Å². The summed E-state index contributed by atoms with van der Waals surface area (Å²) in [5.74, 6) is 0.412. The largest absolute Gasteiger partial charge is 0.444 e. The predicted octanol–water partition coefficient (Wildman–Crippen LogP) is 3.47. The highest BCUT2D eigenvalue weighted by Gasteiger charge is 2.30. The minimum absolute atomic E-state index is 0.148. The third kappa shape index (κ3) is 5.76. The van der Waals surface area contributed by atoms with Crippen molar-refractivity contribution in [2.75, 3.05) is 26.7 Å². The third-order valence-electron chi connectivity index (χ3n) is 3.73. The molecule has 8 heteroatoms. The molecule has 0 aromatic carbocycles. The van der Waals surface area contributed by atoms with Crippen LogP contribution in [-0.4, -0.2) is 58.1 Å². The molecular formula is C16H24Cl2N4O2. The fraction of sp³-hybridized carbons (Fsp3) is 0.688. The molecule has 24 heavy (non-hydrogen) atoms. The molecule has 1 fully saturated rings. The fourth-order valence-corrected chi connectivity index (χ4v) is 3.11. The van der Waals surface area contributed by atoms with Gasteiger partial charge < -0.3 is 14.5 Å². The van der Waals surface area contributed by atoms with E-state index in [1.54, 1.807) is 11.1 Å². The van der Waals surface area contributed by atoms with Crippen LogP contribution in [0.3, 0.4) is 0 Å². The number of nitrogens with zero attached hydrogens (tertiary/aromatic N) is 4. The van der Waals surface area contributed by atoms with Gasteiger partial charge in [-0.1, -0.05) is 11.6 Å². The van der Waals surface area contributed by atoms with Crippen LogP contribution >= 0.6 is 23.2 Å². The van der Waals surface area contributed by atoms with Gasteiger partial charge in [0.05, 0.1) is 0 Å². The molecule has 1 aromatic rings. The van der Waals surface area contributed by atoms with Gasteiger partial charge in [0.25, 0.3) is 0 Å². The van der Waals surface area contributed by atoms with Crippen LogP contribution in [0, 0.1) is 5.92 Å². The zero-order chi connectivity index (χ0) is 17.9. The normalized spacial score (nSPS) is 18.3. The highest BCUT2D eigenvalue weighted by Crippen LogP contribution is 2.22. The Bertz CT molecular complexity index is 592. The lowest BCUT2D eigenvalue weighted by Crippen LogP contribution is -2.36. The molecule has 2 heterocycles. The van der Waals surface area contributed by atoms with Gasteiger partial charge in [0.2, 0.25) is 5.28 Å². The van der Waals surface area contributed by atoms with E-state index in [1.807, 2.05) is 27.8 Å². The number of halogens is 2. The van der Waals surface area contributed by atoms with E-state index in [-0.39, 0.29) is 11.4 Å². The van der Waals surface area contributed by atoms with Crippen molar-refractivity contribution in [1.82, 2.24) is 19.8 Å². The van der Waals surface area contributed by atoms with Crippen molar-refractivity contribution in [1.29, 1.82) is 0 Å². The molecule has 1 aromatic heterocycles. The number of hydrogen-bond acceptors (Lipinski definition) is 5. The highest BCUT2D eigenvalue weighted by molar-refractivity contribution is 6.32. The van der Waals surface area contributed by atoms with Crippen LogP contribution in [-0.2, 0) is 11.3 Å². The van der Waals surface area contributed by atoms with Crippen molar-refractivity contribution in [3.63, 3.8) is 0 Å².